The second kappa shape index (κ2) is 4.91. The van der Waals surface area contributed by atoms with E-state index in [0.717, 1.165) is 17.0 Å². The average molecular weight is 321 g/mol. The van der Waals surface area contributed by atoms with Gasteiger partial charge < -0.3 is 10.2 Å². The van der Waals surface area contributed by atoms with Crippen molar-refractivity contribution >= 4 is 29.1 Å². The third-order valence-electron chi connectivity index (χ3n) is 3.09. The summed E-state index contributed by atoms with van der Waals surface area (Å²) in [4.78, 5) is 24.7. The number of anilines is 1. The standard InChI is InChI=1S/C13H12ClF3N2O2/c1-12(2)11(21)19(6-10(20)18-12)9-4-3-7(14)5-8(9)13(15,16)17/h3-5H,6H2,1-2H3,(H,18,20). The largest absolute Gasteiger partial charge is 0.418 e. The zero-order valence-corrected chi connectivity index (χ0v) is 12.0. The molecule has 0 radical (unpaired) electrons. The van der Waals surface area contributed by atoms with Gasteiger partial charge in [-0.15, -0.1) is 0 Å². The molecule has 8 heteroatoms. The number of alkyl halides is 3. The minimum Gasteiger partial charge on any atom is -0.341 e. The van der Waals surface area contributed by atoms with Gasteiger partial charge in [-0.3, -0.25) is 9.59 Å². The molecule has 114 valence electrons. The third kappa shape index (κ3) is 2.97. The van der Waals surface area contributed by atoms with Crippen LogP contribution >= 0.6 is 11.6 Å². The zero-order valence-electron chi connectivity index (χ0n) is 11.2. The number of nitrogens with zero attached hydrogens (tertiary/aromatic N) is 1. The lowest BCUT2D eigenvalue weighted by atomic mass is 9.99. The maximum atomic E-state index is 13.1. The molecule has 1 aromatic carbocycles. The van der Waals surface area contributed by atoms with Gasteiger partial charge in [0.15, 0.2) is 0 Å². The Morgan fingerprint density at radius 1 is 1.29 bits per heavy atom. The molecule has 1 N–H and O–H groups in total. The molecule has 1 fully saturated rings. The summed E-state index contributed by atoms with van der Waals surface area (Å²) in [5.41, 5.74) is -2.69. The molecule has 1 heterocycles. The molecule has 4 nitrogen and oxygen atoms in total. The first-order valence-electron chi connectivity index (χ1n) is 6.02. The van der Waals surface area contributed by atoms with E-state index in [1.807, 2.05) is 0 Å². The molecule has 1 aliphatic heterocycles. The molecule has 0 spiro atoms. The fourth-order valence-corrected chi connectivity index (χ4v) is 2.33. The van der Waals surface area contributed by atoms with Crippen molar-refractivity contribution in [2.24, 2.45) is 0 Å². The minimum absolute atomic E-state index is 0.0979. The van der Waals surface area contributed by atoms with Crippen LogP contribution in [0.25, 0.3) is 0 Å². The van der Waals surface area contributed by atoms with Gasteiger partial charge in [-0.2, -0.15) is 13.2 Å². The predicted molar refractivity (Wildman–Crippen MR) is 71.0 cm³/mol. The van der Waals surface area contributed by atoms with E-state index < -0.39 is 35.6 Å². The summed E-state index contributed by atoms with van der Waals surface area (Å²) < 4.78 is 39.3. The fourth-order valence-electron chi connectivity index (χ4n) is 2.16. The third-order valence-corrected chi connectivity index (χ3v) is 3.32. The van der Waals surface area contributed by atoms with Gasteiger partial charge in [0, 0.05) is 5.02 Å². The monoisotopic (exact) mass is 320 g/mol. The smallest absolute Gasteiger partial charge is 0.341 e. The molecule has 1 saturated heterocycles. The summed E-state index contributed by atoms with van der Waals surface area (Å²) in [6, 6.07) is 3.08. The number of carbonyl (C=O) groups excluding carboxylic acids is 2. The summed E-state index contributed by atoms with van der Waals surface area (Å²) in [5, 5.41) is 2.34. The van der Waals surface area contributed by atoms with Crippen molar-refractivity contribution in [3.05, 3.63) is 28.8 Å². The topological polar surface area (TPSA) is 49.4 Å². The highest BCUT2D eigenvalue weighted by atomic mass is 35.5. The fraction of sp³-hybridized carbons (Fsp3) is 0.385. The van der Waals surface area contributed by atoms with Crippen LogP contribution in [0.1, 0.15) is 19.4 Å². The van der Waals surface area contributed by atoms with Crippen molar-refractivity contribution in [1.29, 1.82) is 0 Å². The first-order chi connectivity index (χ1) is 9.52. The minimum atomic E-state index is -4.68. The highest BCUT2D eigenvalue weighted by molar-refractivity contribution is 6.30. The van der Waals surface area contributed by atoms with Crippen LogP contribution < -0.4 is 10.2 Å². The maximum Gasteiger partial charge on any atom is 0.418 e. The first kappa shape index (κ1) is 15.6. The van der Waals surface area contributed by atoms with Crippen molar-refractivity contribution in [2.45, 2.75) is 25.6 Å². The molecule has 2 rings (SSSR count). The van der Waals surface area contributed by atoms with Crippen molar-refractivity contribution in [3.63, 3.8) is 0 Å². The van der Waals surface area contributed by atoms with E-state index in [-0.39, 0.29) is 10.7 Å². The Kier molecular flexibility index (Phi) is 3.65. The van der Waals surface area contributed by atoms with Gasteiger partial charge in [-0.05, 0) is 32.0 Å². The lowest BCUT2D eigenvalue weighted by Gasteiger charge is -2.38. The first-order valence-corrected chi connectivity index (χ1v) is 6.40. The van der Waals surface area contributed by atoms with Gasteiger partial charge in [0.1, 0.15) is 12.1 Å². The van der Waals surface area contributed by atoms with Gasteiger partial charge >= 0.3 is 6.18 Å². The number of benzene rings is 1. The molecule has 1 aliphatic rings. The Morgan fingerprint density at radius 3 is 2.48 bits per heavy atom. The van der Waals surface area contributed by atoms with Crippen LogP contribution in [0.3, 0.4) is 0 Å². The van der Waals surface area contributed by atoms with E-state index in [1.54, 1.807) is 0 Å². The maximum absolute atomic E-state index is 13.1. The van der Waals surface area contributed by atoms with Gasteiger partial charge in [-0.1, -0.05) is 11.6 Å². The molecular formula is C13H12ClF3N2O2. The summed E-state index contributed by atoms with van der Waals surface area (Å²) >= 11 is 5.60. The van der Waals surface area contributed by atoms with E-state index >= 15 is 0 Å². The Labute approximate surface area is 123 Å². The quantitative estimate of drug-likeness (QED) is 0.864. The molecular weight excluding hydrogens is 309 g/mol. The average Bonchev–Trinajstić information content (AvgIpc) is 2.32. The van der Waals surface area contributed by atoms with Crippen LogP contribution in [-0.2, 0) is 15.8 Å². The van der Waals surface area contributed by atoms with Crippen molar-refractivity contribution in [2.75, 3.05) is 11.4 Å². The van der Waals surface area contributed by atoms with Gasteiger partial charge in [0.05, 0.1) is 11.3 Å². The molecule has 0 bridgehead atoms. The molecule has 0 atom stereocenters. The second-order valence-corrected chi connectivity index (χ2v) is 5.66. The Balaban J connectivity index is 2.56. The number of hydrogen-bond acceptors (Lipinski definition) is 2. The van der Waals surface area contributed by atoms with Gasteiger partial charge in [-0.25, -0.2) is 0 Å². The van der Waals surface area contributed by atoms with Crippen LogP contribution in [0.5, 0.6) is 0 Å². The SMILES string of the molecule is CC1(C)NC(=O)CN(c2ccc(Cl)cc2C(F)(F)F)C1=O. The molecule has 21 heavy (non-hydrogen) atoms. The van der Waals surface area contributed by atoms with Gasteiger partial charge in [0.25, 0.3) is 5.91 Å². The number of carbonyl (C=O) groups is 2. The van der Waals surface area contributed by atoms with E-state index in [0.29, 0.717) is 0 Å². The summed E-state index contributed by atoms with van der Waals surface area (Å²) in [7, 11) is 0. The van der Waals surface area contributed by atoms with Crippen LogP contribution in [0, 0.1) is 0 Å². The van der Waals surface area contributed by atoms with Gasteiger partial charge in [0.2, 0.25) is 5.91 Å². The van der Waals surface area contributed by atoms with E-state index in [1.165, 1.54) is 19.9 Å². The molecule has 1 aromatic rings. The molecule has 0 aliphatic carbocycles. The number of hydrogen-bond donors (Lipinski definition) is 1. The normalized spacial score (nSPS) is 18.7. The van der Waals surface area contributed by atoms with E-state index in [9.17, 15) is 22.8 Å². The summed E-state index contributed by atoms with van der Waals surface area (Å²) in [5.74, 6) is -1.14. The van der Waals surface area contributed by atoms with Crippen LogP contribution in [0.2, 0.25) is 5.02 Å². The van der Waals surface area contributed by atoms with Crippen molar-refractivity contribution < 1.29 is 22.8 Å². The highest BCUT2D eigenvalue weighted by Gasteiger charge is 2.43. The Morgan fingerprint density at radius 2 is 1.90 bits per heavy atom. The molecule has 0 unspecified atom stereocenters. The number of halogens is 4. The Hall–Kier alpha value is -1.76. The van der Waals surface area contributed by atoms with E-state index in [4.69, 9.17) is 11.6 Å². The molecule has 2 amide bonds. The van der Waals surface area contributed by atoms with Crippen LogP contribution in [0.4, 0.5) is 18.9 Å². The lowest BCUT2D eigenvalue weighted by Crippen LogP contribution is -2.64. The van der Waals surface area contributed by atoms with Crippen LogP contribution in [-0.4, -0.2) is 23.9 Å². The molecule has 0 aromatic heterocycles. The second-order valence-electron chi connectivity index (χ2n) is 5.22. The highest BCUT2D eigenvalue weighted by Crippen LogP contribution is 2.39. The zero-order chi connectivity index (χ0) is 16.0. The van der Waals surface area contributed by atoms with E-state index in [2.05, 4.69) is 5.32 Å². The molecule has 0 saturated carbocycles. The van der Waals surface area contributed by atoms with Crippen molar-refractivity contribution in [3.8, 4) is 0 Å². The Bertz CT molecular complexity index is 614. The number of piperazine rings is 1. The number of rotatable bonds is 1. The summed E-state index contributed by atoms with van der Waals surface area (Å²) in [6.07, 6.45) is -4.68. The number of amides is 2. The van der Waals surface area contributed by atoms with Crippen molar-refractivity contribution in [1.82, 2.24) is 5.32 Å². The summed E-state index contributed by atoms with van der Waals surface area (Å²) in [6.45, 7) is 2.40. The van der Waals surface area contributed by atoms with Crippen LogP contribution in [0.15, 0.2) is 18.2 Å². The lowest BCUT2D eigenvalue weighted by molar-refractivity contribution is -0.138. The number of nitrogens with one attached hydrogen (secondary N) is 1. The predicted octanol–water partition coefficient (Wildman–Crippen LogP) is 2.60.